The Balaban J connectivity index is 2.30. The van der Waals surface area contributed by atoms with E-state index in [0.29, 0.717) is 17.8 Å². The van der Waals surface area contributed by atoms with Gasteiger partial charge >= 0.3 is 7.12 Å². The van der Waals surface area contributed by atoms with Crippen LogP contribution in [0.1, 0.15) is 39.7 Å². The number of benzene rings is 1. The Morgan fingerprint density at radius 2 is 1.70 bits per heavy atom. The molecule has 1 aromatic carbocycles. The van der Waals surface area contributed by atoms with Gasteiger partial charge in [-0.1, -0.05) is 12.1 Å². The van der Waals surface area contributed by atoms with Crippen LogP contribution in [0.5, 0.6) is 5.75 Å². The van der Waals surface area contributed by atoms with Gasteiger partial charge in [0.1, 0.15) is 12.4 Å². The minimum atomic E-state index is -2.56. The van der Waals surface area contributed by atoms with Crippen LogP contribution in [0, 0.1) is 0 Å². The van der Waals surface area contributed by atoms with Gasteiger partial charge in [-0.3, -0.25) is 0 Å². The number of halogens is 2. The number of rotatable bonds is 6. The van der Waals surface area contributed by atoms with Crippen molar-refractivity contribution in [2.24, 2.45) is 0 Å². The van der Waals surface area contributed by atoms with E-state index in [1.807, 2.05) is 27.7 Å². The van der Waals surface area contributed by atoms with Gasteiger partial charge in [0.15, 0.2) is 0 Å². The Kier molecular flexibility index (Phi) is 5.33. The molecule has 0 unspecified atom stereocenters. The highest BCUT2D eigenvalue weighted by molar-refractivity contribution is 6.63. The van der Waals surface area contributed by atoms with Crippen LogP contribution >= 0.6 is 0 Å². The van der Waals surface area contributed by atoms with E-state index in [1.165, 1.54) is 12.1 Å². The summed E-state index contributed by atoms with van der Waals surface area (Å²) >= 11 is 0. The molecule has 2 rings (SSSR count). The first-order valence-corrected chi connectivity index (χ1v) is 7.57. The Bertz CT molecular complexity index is 533. The molecule has 23 heavy (non-hydrogen) atoms. The Morgan fingerprint density at radius 3 is 2.22 bits per heavy atom. The highest BCUT2D eigenvalue weighted by atomic mass is 19.3. The summed E-state index contributed by atoms with van der Waals surface area (Å²) < 4.78 is 48.4. The summed E-state index contributed by atoms with van der Waals surface area (Å²) in [5.41, 5.74) is -0.520. The lowest BCUT2D eigenvalue weighted by atomic mass is 9.78. The van der Waals surface area contributed by atoms with E-state index in [-0.39, 0.29) is 12.2 Å². The average Bonchev–Trinajstić information content (AvgIpc) is 2.67. The molecule has 128 valence electrons. The molecule has 0 aromatic heterocycles. The molecule has 1 fully saturated rings. The predicted octanol–water partition coefficient (Wildman–Crippen LogP) is 2.95. The standard InChI is InChI=1S/C16H23BF2O4/c1-15(2)16(3,4)23-17(22-15)12-7-6-11(14(18)19)10-13(12)21-9-8-20-5/h6-7,10,14H,8-9H2,1-5H3. The van der Waals surface area contributed by atoms with Gasteiger partial charge in [0, 0.05) is 18.1 Å². The number of ether oxygens (including phenoxy) is 2. The van der Waals surface area contributed by atoms with Crippen LogP contribution in [0.15, 0.2) is 18.2 Å². The zero-order chi connectivity index (χ0) is 17.3. The highest BCUT2D eigenvalue weighted by Crippen LogP contribution is 2.37. The zero-order valence-corrected chi connectivity index (χ0v) is 14.2. The number of alkyl halides is 2. The van der Waals surface area contributed by atoms with Gasteiger partial charge in [-0.05, 0) is 33.8 Å². The molecular weight excluding hydrogens is 305 g/mol. The summed E-state index contributed by atoms with van der Waals surface area (Å²) in [5.74, 6) is 0.332. The fourth-order valence-corrected chi connectivity index (χ4v) is 2.21. The molecule has 0 N–H and O–H groups in total. The molecule has 1 aromatic rings. The van der Waals surface area contributed by atoms with Crippen LogP contribution in [0.4, 0.5) is 8.78 Å². The Morgan fingerprint density at radius 1 is 1.09 bits per heavy atom. The fourth-order valence-electron chi connectivity index (χ4n) is 2.21. The summed E-state index contributed by atoms with van der Waals surface area (Å²) in [4.78, 5) is 0. The van der Waals surface area contributed by atoms with Crippen molar-refractivity contribution in [3.8, 4) is 5.75 Å². The molecule has 4 nitrogen and oxygen atoms in total. The van der Waals surface area contributed by atoms with Crippen molar-refractivity contribution in [1.29, 1.82) is 0 Å². The third kappa shape index (κ3) is 3.84. The molecule has 1 saturated heterocycles. The van der Waals surface area contributed by atoms with E-state index >= 15 is 0 Å². The lowest BCUT2D eigenvalue weighted by molar-refractivity contribution is 0.00578. The van der Waals surface area contributed by atoms with Crippen LogP contribution in [0.2, 0.25) is 0 Å². The predicted molar refractivity (Wildman–Crippen MR) is 84.5 cm³/mol. The third-order valence-corrected chi connectivity index (χ3v) is 4.34. The van der Waals surface area contributed by atoms with Crippen molar-refractivity contribution in [1.82, 2.24) is 0 Å². The first-order chi connectivity index (χ1) is 10.7. The fraction of sp³-hybridized carbons (Fsp3) is 0.625. The van der Waals surface area contributed by atoms with E-state index in [1.54, 1.807) is 13.2 Å². The van der Waals surface area contributed by atoms with Crippen molar-refractivity contribution in [2.75, 3.05) is 20.3 Å². The van der Waals surface area contributed by atoms with Gasteiger partial charge in [0.05, 0.1) is 17.8 Å². The minimum absolute atomic E-state index is 0.0994. The lowest BCUT2D eigenvalue weighted by Crippen LogP contribution is -2.41. The zero-order valence-electron chi connectivity index (χ0n) is 14.2. The second-order valence-corrected chi connectivity index (χ2v) is 6.53. The average molecular weight is 328 g/mol. The number of hydrogen-bond donors (Lipinski definition) is 0. The Hall–Kier alpha value is -1.18. The van der Waals surface area contributed by atoms with Gasteiger partial charge in [-0.2, -0.15) is 0 Å². The van der Waals surface area contributed by atoms with Gasteiger partial charge in [0.25, 0.3) is 6.43 Å². The van der Waals surface area contributed by atoms with Crippen molar-refractivity contribution in [3.05, 3.63) is 23.8 Å². The van der Waals surface area contributed by atoms with Gasteiger partial charge in [0.2, 0.25) is 0 Å². The van der Waals surface area contributed by atoms with Crippen LogP contribution in [-0.4, -0.2) is 38.6 Å². The van der Waals surface area contributed by atoms with Crippen LogP contribution in [0.3, 0.4) is 0 Å². The SMILES string of the molecule is COCCOc1cc(C(F)F)ccc1B1OC(C)(C)C(C)(C)O1. The molecule has 1 aliphatic heterocycles. The molecular formula is C16H23BF2O4. The highest BCUT2D eigenvalue weighted by Gasteiger charge is 2.52. The van der Waals surface area contributed by atoms with Crippen LogP contribution in [-0.2, 0) is 14.0 Å². The summed E-state index contributed by atoms with van der Waals surface area (Å²) in [6.45, 7) is 8.37. The first kappa shape index (κ1) is 18.2. The van der Waals surface area contributed by atoms with E-state index in [4.69, 9.17) is 18.8 Å². The van der Waals surface area contributed by atoms with Gasteiger partial charge < -0.3 is 18.8 Å². The van der Waals surface area contributed by atoms with Crippen molar-refractivity contribution < 1.29 is 27.6 Å². The van der Waals surface area contributed by atoms with E-state index in [9.17, 15) is 8.78 Å². The van der Waals surface area contributed by atoms with Crippen molar-refractivity contribution in [3.63, 3.8) is 0 Å². The van der Waals surface area contributed by atoms with Crippen LogP contribution in [0.25, 0.3) is 0 Å². The second kappa shape index (κ2) is 6.75. The topological polar surface area (TPSA) is 36.9 Å². The molecule has 0 radical (unpaired) electrons. The van der Waals surface area contributed by atoms with Crippen molar-refractivity contribution >= 4 is 12.6 Å². The van der Waals surface area contributed by atoms with Gasteiger partial charge in [-0.25, -0.2) is 8.78 Å². The molecule has 0 saturated carbocycles. The first-order valence-electron chi connectivity index (χ1n) is 7.57. The Labute approximate surface area is 136 Å². The maximum atomic E-state index is 12.9. The molecule has 7 heteroatoms. The maximum absolute atomic E-state index is 12.9. The summed E-state index contributed by atoms with van der Waals surface area (Å²) in [6, 6.07) is 4.28. The number of hydrogen-bond acceptors (Lipinski definition) is 4. The van der Waals surface area contributed by atoms with Gasteiger partial charge in [-0.15, -0.1) is 0 Å². The summed E-state index contributed by atoms with van der Waals surface area (Å²) in [7, 11) is 0.887. The van der Waals surface area contributed by atoms with E-state index < -0.39 is 24.7 Å². The van der Waals surface area contributed by atoms with Crippen molar-refractivity contribution in [2.45, 2.75) is 45.3 Å². The molecule has 0 amide bonds. The molecule has 0 aliphatic carbocycles. The summed E-state index contributed by atoms with van der Waals surface area (Å²) in [6.07, 6.45) is -2.56. The largest absolute Gasteiger partial charge is 0.498 e. The quantitative estimate of drug-likeness (QED) is 0.594. The smallest absolute Gasteiger partial charge is 0.492 e. The minimum Gasteiger partial charge on any atom is -0.492 e. The molecule has 0 bridgehead atoms. The van der Waals surface area contributed by atoms with Crippen LogP contribution < -0.4 is 10.2 Å². The molecule has 1 heterocycles. The molecule has 0 spiro atoms. The monoisotopic (exact) mass is 328 g/mol. The normalized spacial score (nSPS) is 19.4. The second-order valence-electron chi connectivity index (χ2n) is 6.53. The molecule has 1 aliphatic rings. The maximum Gasteiger partial charge on any atom is 0.498 e. The third-order valence-electron chi connectivity index (χ3n) is 4.34. The lowest BCUT2D eigenvalue weighted by Gasteiger charge is -2.32. The van der Waals surface area contributed by atoms with E-state index in [0.717, 1.165) is 0 Å². The summed E-state index contributed by atoms with van der Waals surface area (Å²) in [5, 5.41) is 0. The number of methoxy groups -OCH3 is 1. The molecule has 0 atom stereocenters. The van der Waals surface area contributed by atoms with E-state index in [2.05, 4.69) is 0 Å².